The molecule has 0 unspecified atom stereocenters. The average Bonchev–Trinajstić information content (AvgIpc) is 3.14. The summed E-state index contributed by atoms with van der Waals surface area (Å²) in [5.74, 6) is -1.99. The quantitative estimate of drug-likeness (QED) is 0.724. The fraction of sp³-hybridized carbons (Fsp3) is 0.318. The highest BCUT2D eigenvalue weighted by molar-refractivity contribution is 5.96. The van der Waals surface area contributed by atoms with Crippen LogP contribution in [-0.4, -0.2) is 47.0 Å². The number of rotatable bonds is 5. The van der Waals surface area contributed by atoms with Crippen LogP contribution in [0, 0.1) is 5.92 Å². The van der Waals surface area contributed by atoms with Crippen LogP contribution in [0.1, 0.15) is 35.7 Å². The number of benzene rings is 2. The first-order chi connectivity index (χ1) is 13.8. The zero-order valence-corrected chi connectivity index (χ0v) is 16.5. The van der Waals surface area contributed by atoms with E-state index in [1.54, 1.807) is 29.2 Å². The van der Waals surface area contributed by atoms with Crippen molar-refractivity contribution in [2.75, 3.05) is 18.4 Å². The van der Waals surface area contributed by atoms with Crippen molar-refractivity contribution in [1.29, 1.82) is 0 Å². The molecule has 7 nitrogen and oxygen atoms in total. The number of urea groups is 1. The van der Waals surface area contributed by atoms with Crippen molar-refractivity contribution in [2.24, 2.45) is 5.92 Å². The molecule has 3 N–H and O–H groups in total. The maximum absolute atomic E-state index is 12.9. The Balaban J connectivity index is 1.70. The first kappa shape index (κ1) is 20.4. The van der Waals surface area contributed by atoms with Gasteiger partial charge < -0.3 is 20.6 Å². The number of carbonyl (C=O) groups is 3. The zero-order valence-electron chi connectivity index (χ0n) is 16.5. The highest BCUT2D eigenvalue weighted by atomic mass is 16.4. The molecule has 0 spiro atoms. The monoisotopic (exact) mass is 395 g/mol. The van der Waals surface area contributed by atoms with Crippen molar-refractivity contribution in [2.45, 2.75) is 25.8 Å². The van der Waals surface area contributed by atoms with Crippen molar-refractivity contribution in [3.8, 4) is 0 Å². The molecule has 3 amide bonds. The van der Waals surface area contributed by atoms with Crippen LogP contribution in [0.4, 0.5) is 10.5 Å². The third-order valence-electron chi connectivity index (χ3n) is 4.96. The van der Waals surface area contributed by atoms with Gasteiger partial charge in [0.1, 0.15) is 0 Å². The predicted octanol–water partition coefficient (Wildman–Crippen LogP) is 3.16. The van der Waals surface area contributed by atoms with Crippen LogP contribution in [0.2, 0.25) is 0 Å². The Morgan fingerprint density at radius 3 is 2.24 bits per heavy atom. The van der Waals surface area contributed by atoms with E-state index in [4.69, 9.17) is 0 Å². The minimum Gasteiger partial charge on any atom is -0.481 e. The van der Waals surface area contributed by atoms with E-state index in [2.05, 4.69) is 10.6 Å². The molecule has 152 valence electrons. The lowest BCUT2D eigenvalue weighted by Crippen LogP contribution is -2.34. The molecule has 7 heteroatoms. The standard InChI is InChI=1S/C22H25N3O4/c1-14(2)23-22(29)24-17-10-8-16(9-11-17)20(26)25-12-18(19(13-25)21(27)28)15-6-4-3-5-7-15/h3-11,14,18-19H,12-13H2,1-2H3,(H,27,28)(H2,23,24,29)/t18-,19-/m0/s1. The van der Waals surface area contributed by atoms with E-state index in [1.165, 1.54) is 0 Å². The van der Waals surface area contributed by atoms with Gasteiger partial charge in [0, 0.05) is 36.3 Å². The molecular formula is C22H25N3O4. The second-order valence-electron chi connectivity index (χ2n) is 7.50. The van der Waals surface area contributed by atoms with Gasteiger partial charge in [-0.2, -0.15) is 0 Å². The number of carbonyl (C=O) groups excluding carboxylic acids is 2. The molecule has 2 aromatic rings. The van der Waals surface area contributed by atoms with Gasteiger partial charge in [0.15, 0.2) is 0 Å². The molecule has 1 saturated heterocycles. The topological polar surface area (TPSA) is 98.7 Å². The number of hydrogen-bond acceptors (Lipinski definition) is 3. The third-order valence-corrected chi connectivity index (χ3v) is 4.96. The summed E-state index contributed by atoms with van der Waals surface area (Å²) in [5.41, 5.74) is 1.95. The lowest BCUT2D eigenvalue weighted by molar-refractivity contribution is -0.141. The molecule has 1 heterocycles. The van der Waals surface area contributed by atoms with Gasteiger partial charge in [0.25, 0.3) is 5.91 Å². The summed E-state index contributed by atoms with van der Waals surface area (Å²) in [6.45, 7) is 4.26. The van der Waals surface area contributed by atoms with Gasteiger partial charge in [0.05, 0.1) is 5.92 Å². The first-order valence-electron chi connectivity index (χ1n) is 9.59. The molecular weight excluding hydrogens is 370 g/mol. The van der Waals surface area contributed by atoms with E-state index < -0.39 is 11.9 Å². The maximum Gasteiger partial charge on any atom is 0.319 e. The Bertz CT molecular complexity index is 881. The van der Waals surface area contributed by atoms with E-state index >= 15 is 0 Å². The summed E-state index contributed by atoms with van der Waals surface area (Å²) in [6, 6.07) is 15.7. The van der Waals surface area contributed by atoms with Gasteiger partial charge in [-0.05, 0) is 43.7 Å². The van der Waals surface area contributed by atoms with Crippen LogP contribution >= 0.6 is 0 Å². The number of hydrogen-bond donors (Lipinski definition) is 3. The Labute approximate surface area is 169 Å². The lowest BCUT2D eigenvalue weighted by Gasteiger charge is -2.17. The number of carboxylic acid groups (broad SMARTS) is 1. The van der Waals surface area contributed by atoms with Gasteiger partial charge in [-0.15, -0.1) is 0 Å². The number of anilines is 1. The normalized spacial score (nSPS) is 18.5. The highest BCUT2D eigenvalue weighted by Crippen LogP contribution is 2.33. The summed E-state index contributed by atoms with van der Waals surface area (Å²) >= 11 is 0. The van der Waals surface area contributed by atoms with Crippen molar-refractivity contribution in [3.63, 3.8) is 0 Å². The number of nitrogens with one attached hydrogen (secondary N) is 2. The lowest BCUT2D eigenvalue weighted by atomic mass is 9.89. The summed E-state index contributed by atoms with van der Waals surface area (Å²) in [7, 11) is 0. The van der Waals surface area contributed by atoms with Crippen molar-refractivity contribution >= 4 is 23.6 Å². The van der Waals surface area contributed by atoms with Crippen LogP contribution < -0.4 is 10.6 Å². The second kappa shape index (κ2) is 8.77. The highest BCUT2D eigenvalue weighted by Gasteiger charge is 2.40. The molecule has 1 aliphatic heterocycles. The smallest absolute Gasteiger partial charge is 0.319 e. The van der Waals surface area contributed by atoms with Crippen LogP contribution in [0.25, 0.3) is 0 Å². The van der Waals surface area contributed by atoms with E-state index in [1.807, 2.05) is 44.2 Å². The molecule has 0 radical (unpaired) electrons. The summed E-state index contributed by atoms with van der Waals surface area (Å²) in [6.07, 6.45) is 0. The molecule has 0 saturated carbocycles. The minimum atomic E-state index is -0.898. The first-order valence-corrected chi connectivity index (χ1v) is 9.59. The van der Waals surface area contributed by atoms with Crippen molar-refractivity contribution < 1.29 is 19.5 Å². The summed E-state index contributed by atoms with van der Waals surface area (Å²) in [5, 5.41) is 15.0. The number of carboxylic acids is 1. The van der Waals surface area contributed by atoms with Gasteiger partial charge in [0.2, 0.25) is 0 Å². The summed E-state index contributed by atoms with van der Waals surface area (Å²) in [4.78, 5) is 38.0. The molecule has 1 fully saturated rings. The maximum atomic E-state index is 12.9. The Hall–Kier alpha value is -3.35. The number of nitrogens with zero attached hydrogens (tertiary/aromatic N) is 1. The Morgan fingerprint density at radius 2 is 1.66 bits per heavy atom. The Kier molecular flexibility index (Phi) is 6.16. The van der Waals surface area contributed by atoms with Crippen LogP contribution in [0.15, 0.2) is 54.6 Å². The SMILES string of the molecule is CC(C)NC(=O)Nc1ccc(C(=O)N2C[C@H](C(=O)O)[C@H](c3ccccc3)C2)cc1. The molecule has 3 rings (SSSR count). The zero-order chi connectivity index (χ0) is 21.0. The number of amides is 3. The van der Waals surface area contributed by atoms with E-state index in [0.717, 1.165) is 5.56 Å². The number of aliphatic carboxylic acids is 1. The summed E-state index contributed by atoms with van der Waals surface area (Å²) < 4.78 is 0. The van der Waals surface area contributed by atoms with Gasteiger partial charge in [-0.25, -0.2) is 4.79 Å². The largest absolute Gasteiger partial charge is 0.481 e. The fourth-order valence-corrected chi connectivity index (χ4v) is 3.57. The van der Waals surface area contributed by atoms with E-state index in [9.17, 15) is 19.5 Å². The molecule has 1 aliphatic rings. The molecule has 29 heavy (non-hydrogen) atoms. The average molecular weight is 395 g/mol. The van der Waals surface area contributed by atoms with Gasteiger partial charge in [-0.3, -0.25) is 9.59 Å². The fourth-order valence-electron chi connectivity index (χ4n) is 3.57. The molecule has 0 bridgehead atoms. The molecule has 2 atom stereocenters. The Morgan fingerprint density at radius 1 is 1.00 bits per heavy atom. The van der Waals surface area contributed by atoms with Crippen molar-refractivity contribution in [1.82, 2.24) is 10.2 Å². The van der Waals surface area contributed by atoms with E-state index in [-0.39, 0.29) is 30.4 Å². The van der Waals surface area contributed by atoms with Crippen molar-refractivity contribution in [3.05, 3.63) is 65.7 Å². The van der Waals surface area contributed by atoms with E-state index in [0.29, 0.717) is 17.8 Å². The minimum absolute atomic E-state index is 0.0192. The van der Waals surface area contributed by atoms with Crippen LogP contribution in [0.5, 0.6) is 0 Å². The van der Waals surface area contributed by atoms with Crippen LogP contribution in [-0.2, 0) is 4.79 Å². The number of likely N-dealkylation sites (tertiary alicyclic amines) is 1. The predicted molar refractivity (Wildman–Crippen MR) is 110 cm³/mol. The second-order valence-corrected chi connectivity index (χ2v) is 7.50. The van der Waals surface area contributed by atoms with Gasteiger partial charge >= 0.3 is 12.0 Å². The molecule has 2 aromatic carbocycles. The molecule has 0 aliphatic carbocycles. The van der Waals surface area contributed by atoms with Gasteiger partial charge in [-0.1, -0.05) is 30.3 Å². The molecule has 0 aromatic heterocycles. The third kappa shape index (κ3) is 4.93. The van der Waals surface area contributed by atoms with Crippen LogP contribution in [0.3, 0.4) is 0 Å².